The molecule has 0 aromatic rings. The molecule has 0 aromatic heterocycles. The topological polar surface area (TPSA) is 75.2 Å². The average Bonchev–Trinajstić information content (AvgIpc) is 2.75. The van der Waals surface area contributed by atoms with Gasteiger partial charge in [-0.3, -0.25) is 4.90 Å². The standard InChI is InChI=1S/C23H37N3O3/c1-16-12-13-26-15-23(20(26)14-16,18-6-4-3-5-7-18)29-22(27)21(25-24)17-8-10-19(28-2)11-9-17/h16-20H,3-15H2,1-2H3/t16?,17?,19?,20-,23+/m0/s1. The van der Waals surface area contributed by atoms with Gasteiger partial charge in [0.1, 0.15) is 5.60 Å². The van der Waals surface area contributed by atoms with E-state index >= 15 is 0 Å². The van der Waals surface area contributed by atoms with Gasteiger partial charge in [-0.2, -0.15) is 4.79 Å². The molecular weight excluding hydrogens is 366 g/mol. The summed E-state index contributed by atoms with van der Waals surface area (Å²) in [5.74, 6) is 0.713. The molecule has 2 aliphatic carbocycles. The molecule has 4 fully saturated rings. The lowest BCUT2D eigenvalue weighted by atomic mass is 9.64. The van der Waals surface area contributed by atoms with Crippen LogP contribution in [0.1, 0.15) is 77.6 Å². The van der Waals surface area contributed by atoms with Gasteiger partial charge in [-0.25, -0.2) is 4.79 Å². The Morgan fingerprint density at radius 3 is 2.45 bits per heavy atom. The highest BCUT2D eigenvalue weighted by molar-refractivity contribution is 6.34. The van der Waals surface area contributed by atoms with Crippen molar-refractivity contribution in [2.75, 3.05) is 20.2 Å². The molecule has 0 radical (unpaired) electrons. The molecule has 0 N–H and O–H groups in total. The van der Waals surface area contributed by atoms with Gasteiger partial charge in [-0.1, -0.05) is 26.2 Å². The van der Waals surface area contributed by atoms with Crippen molar-refractivity contribution in [3.05, 3.63) is 5.53 Å². The summed E-state index contributed by atoms with van der Waals surface area (Å²) in [7, 11) is 1.74. The smallest absolute Gasteiger partial charge is 0.417 e. The zero-order valence-corrected chi connectivity index (χ0v) is 18.1. The summed E-state index contributed by atoms with van der Waals surface area (Å²) in [6, 6.07) is 0.336. The molecule has 1 unspecified atom stereocenters. The van der Waals surface area contributed by atoms with Gasteiger partial charge in [0.15, 0.2) is 0 Å². The second kappa shape index (κ2) is 8.87. The van der Waals surface area contributed by atoms with Crippen LogP contribution in [0.3, 0.4) is 0 Å². The van der Waals surface area contributed by atoms with E-state index < -0.39 is 0 Å². The van der Waals surface area contributed by atoms with Crippen LogP contribution in [0.5, 0.6) is 0 Å². The Balaban J connectivity index is 1.50. The fourth-order valence-electron chi connectivity index (χ4n) is 6.46. The molecule has 162 valence electrons. The van der Waals surface area contributed by atoms with E-state index in [9.17, 15) is 10.3 Å². The van der Waals surface area contributed by atoms with Crippen LogP contribution in [0.15, 0.2) is 0 Å². The van der Waals surface area contributed by atoms with Crippen LogP contribution in [0, 0.1) is 17.8 Å². The minimum atomic E-state index is -0.383. The Morgan fingerprint density at radius 1 is 1.07 bits per heavy atom. The van der Waals surface area contributed by atoms with Crippen molar-refractivity contribution in [1.82, 2.24) is 4.90 Å². The monoisotopic (exact) mass is 403 g/mol. The number of piperidine rings is 1. The molecule has 2 aliphatic heterocycles. The Kier molecular flexibility index (Phi) is 6.43. The minimum Gasteiger partial charge on any atom is -0.447 e. The molecule has 6 heteroatoms. The number of rotatable bonds is 5. The second-order valence-electron chi connectivity index (χ2n) is 9.99. The molecule has 0 bridgehead atoms. The first-order chi connectivity index (χ1) is 14.1. The fourth-order valence-corrected chi connectivity index (χ4v) is 6.46. The van der Waals surface area contributed by atoms with Crippen LogP contribution in [0.4, 0.5) is 0 Å². The molecule has 6 nitrogen and oxygen atoms in total. The highest BCUT2D eigenvalue weighted by Gasteiger charge is 2.61. The summed E-state index contributed by atoms with van der Waals surface area (Å²) in [6.45, 7) is 4.29. The summed E-state index contributed by atoms with van der Waals surface area (Å²) in [5, 5.41) is 0. The molecule has 29 heavy (non-hydrogen) atoms. The number of fused-ring (bicyclic) bond motifs is 1. The van der Waals surface area contributed by atoms with E-state index in [1.165, 1.54) is 25.7 Å². The largest absolute Gasteiger partial charge is 0.447 e. The minimum absolute atomic E-state index is 0.0243. The quantitative estimate of drug-likeness (QED) is 0.302. The molecule has 2 saturated carbocycles. The molecule has 4 aliphatic rings. The average molecular weight is 404 g/mol. The first-order valence-electron chi connectivity index (χ1n) is 11.8. The summed E-state index contributed by atoms with van der Waals surface area (Å²) in [6.07, 6.45) is 12.1. The van der Waals surface area contributed by atoms with Gasteiger partial charge in [0.25, 0.3) is 0 Å². The lowest BCUT2D eigenvalue weighted by Crippen LogP contribution is -2.76. The molecular formula is C23H37N3O3. The Hall–Kier alpha value is -1.23. The maximum atomic E-state index is 13.3. The van der Waals surface area contributed by atoms with E-state index in [0.717, 1.165) is 58.0 Å². The van der Waals surface area contributed by atoms with Crippen LogP contribution < -0.4 is 0 Å². The predicted molar refractivity (Wildman–Crippen MR) is 111 cm³/mol. The van der Waals surface area contributed by atoms with Crippen molar-refractivity contribution < 1.29 is 19.1 Å². The number of hydrogen-bond acceptors (Lipinski definition) is 4. The SMILES string of the molecule is COC1CCC(C(=[N+]=[N-])C(=O)O[C@@]2(C3CCCCC3)CN3CCC(C)C[C@H]32)CC1. The molecule has 0 aromatic carbocycles. The zero-order chi connectivity index (χ0) is 20.4. The van der Waals surface area contributed by atoms with Crippen LogP contribution in [-0.2, 0) is 14.3 Å². The molecule has 0 spiro atoms. The van der Waals surface area contributed by atoms with Crippen molar-refractivity contribution in [3.8, 4) is 0 Å². The van der Waals surface area contributed by atoms with Crippen molar-refractivity contribution in [3.63, 3.8) is 0 Å². The molecule has 2 saturated heterocycles. The lowest BCUT2D eigenvalue weighted by Gasteiger charge is -2.62. The number of ether oxygens (including phenoxy) is 2. The number of hydrogen-bond donors (Lipinski definition) is 0. The van der Waals surface area contributed by atoms with E-state index in [1.807, 2.05) is 0 Å². The number of esters is 1. The third-order valence-corrected chi connectivity index (χ3v) is 8.28. The lowest BCUT2D eigenvalue weighted by molar-refractivity contribution is -0.229. The van der Waals surface area contributed by atoms with Crippen molar-refractivity contribution in [2.45, 2.75) is 95.3 Å². The maximum absolute atomic E-state index is 13.3. The maximum Gasteiger partial charge on any atom is 0.417 e. The summed E-state index contributed by atoms with van der Waals surface area (Å²) >= 11 is 0. The van der Waals surface area contributed by atoms with Gasteiger partial charge in [-0.15, -0.1) is 0 Å². The summed E-state index contributed by atoms with van der Waals surface area (Å²) < 4.78 is 11.8. The zero-order valence-electron chi connectivity index (χ0n) is 18.1. The third kappa shape index (κ3) is 4.04. The van der Waals surface area contributed by atoms with E-state index in [2.05, 4.69) is 16.6 Å². The van der Waals surface area contributed by atoms with Gasteiger partial charge >= 0.3 is 11.7 Å². The Morgan fingerprint density at radius 2 is 1.79 bits per heavy atom. The van der Waals surface area contributed by atoms with Gasteiger partial charge in [0, 0.05) is 19.6 Å². The van der Waals surface area contributed by atoms with Crippen LogP contribution >= 0.6 is 0 Å². The highest BCUT2D eigenvalue weighted by Crippen LogP contribution is 2.49. The molecule has 4 rings (SSSR count). The number of carbonyl (C=O) groups is 1. The third-order valence-electron chi connectivity index (χ3n) is 8.28. The number of carbonyl (C=O) groups excluding carboxylic acids is 1. The number of nitrogens with zero attached hydrogens (tertiary/aromatic N) is 3. The van der Waals surface area contributed by atoms with Gasteiger partial charge in [-0.05, 0) is 63.8 Å². The molecule has 3 atom stereocenters. The van der Waals surface area contributed by atoms with Crippen LogP contribution in [-0.4, -0.2) is 59.3 Å². The van der Waals surface area contributed by atoms with Crippen molar-refractivity contribution in [1.29, 1.82) is 0 Å². The van der Waals surface area contributed by atoms with E-state index in [1.54, 1.807) is 7.11 Å². The Labute approximate surface area is 174 Å². The first kappa shape index (κ1) is 21.0. The predicted octanol–water partition coefficient (Wildman–Crippen LogP) is 3.84. The highest BCUT2D eigenvalue weighted by atomic mass is 16.6. The Bertz CT molecular complexity index is 648. The number of methoxy groups -OCH3 is 1. The summed E-state index contributed by atoms with van der Waals surface area (Å²) in [5.41, 5.74) is 9.54. The van der Waals surface area contributed by atoms with Gasteiger partial charge in [0.05, 0.1) is 18.1 Å². The molecule has 2 heterocycles. The van der Waals surface area contributed by atoms with E-state index in [0.29, 0.717) is 17.9 Å². The van der Waals surface area contributed by atoms with Crippen molar-refractivity contribution in [2.24, 2.45) is 17.8 Å². The van der Waals surface area contributed by atoms with Crippen molar-refractivity contribution >= 4 is 11.7 Å². The van der Waals surface area contributed by atoms with Gasteiger partial charge in [0.2, 0.25) is 0 Å². The van der Waals surface area contributed by atoms with E-state index in [4.69, 9.17) is 9.47 Å². The fraction of sp³-hybridized carbons (Fsp3) is 0.913. The normalized spacial score (nSPS) is 38.4. The second-order valence-corrected chi connectivity index (χ2v) is 9.99. The van der Waals surface area contributed by atoms with Crippen LogP contribution in [0.2, 0.25) is 0 Å². The summed E-state index contributed by atoms with van der Waals surface area (Å²) in [4.78, 5) is 19.2. The molecule has 0 amide bonds. The van der Waals surface area contributed by atoms with Gasteiger partial charge < -0.3 is 15.0 Å². The first-order valence-corrected chi connectivity index (χ1v) is 11.8. The van der Waals surface area contributed by atoms with E-state index in [-0.39, 0.29) is 29.3 Å². The van der Waals surface area contributed by atoms with Crippen LogP contribution in [0.25, 0.3) is 5.53 Å².